The van der Waals surface area contributed by atoms with Crippen LogP contribution in [0.3, 0.4) is 0 Å². The van der Waals surface area contributed by atoms with Crippen molar-refractivity contribution in [1.82, 2.24) is 9.97 Å². The number of pyridine rings is 2. The summed E-state index contributed by atoms with van der Waals surface area (Å²) in [7, 11) is 14.8. The van der Waals surface area contributed by atoms with Gasteiger partial charge in [-0.25, -0.2) is 0 Å². The normalized spacial score (nSPS) is 12.3. The zero-order chi connectivity index (χ0) is 55.2. The number of rotatable bonds is 20. The molecule has 10 heteroatoms. The molecule has 3 heterocycles. The zero-order valence-corrected chi connectivity index (χ0v) is 53.6. The van der Waals surface area contributed by atoms with Crippen molar-refractivity contribution in [1.29, 1.82) is 0 Å². The van der Waals surface area contributed by atoms with Gasteiger partial charge >= 0.3 is 42.3 Å². The van der Waals surface area contributed by atoms with Gasteiger partial charge in [0.2, 0.25) is 0 Å². The molecule has 0 unspecified atom stereocenters. The Bertz CT molecular complexity index is 2220. The molecule has 0 N–H and O–H groups in total. The summed E-state index contributed by atoms with van der Waals surface area (Å²) in [6.45, 7) is 37.9. The molecule has 0 radical (unpaired) electrons. The molecule has 1 saturated heterocycles. The Morgan fingerprint density at radius 3 is 1.16 bits per heavy atom. The summed E-state index contributed by atoms with van der Waals surface area (Å²) in [6, 6.07) is 44.0. The largest absolute Gasteiger partial charge is 0.256 e. The van der Waals surface area contributed by atoms with Crippen molar-refractivity contribution in [2.45, 2.75) is 158 Å². The number of halogens is 4. The first-order valence-electron chi connectivity index (χ1n) is 27.8. The second-order valence-electron chi connectivity index (χ2n) is 20.8. The van der Waals surface area contributed by atoms with Crippen molar-refractivity contribution >= 4 is 62.6 Å². The van der Waals surface area contributed by atoms with Crippen LogP contribution in [0.25, 0.3) is 22.5 Å². The van der Waals surface area contributed by atoms with Crippen LogP contribution in [0, 0.1) is 10.2 Å². The van der Waals surface area contributed by atoms with Crippen LogP contribution < -0.4 is 9.80 Å². The number of unbranched alkanes of at least 4 members (excludes halogenated alkanes) is 4. The summed E-state index contributed by atoms with van der Waals surface area (Å²) >= 11 is 0.757. The van der Waals surface area contributed by atoms with Gasteiger partial charge in [0.15, 0.2) is 0 Å². The minimum Gasteiger partial charge on any atom is -0.256 e. The van der Waals surface area contributed by atoms with Gasteiger partial charge < -0.3 is 14.3 Å². The van der Waals surface area contributed by atoms with Crippen LogP contribution in [0.4, 0.5) is 11.4 Å². The van der Waals surface area contributed by atoms with Crippen molar-refractivity contribution in [2.75, 3.05) is 49.1 Å². The molecule has 0 atom stereocenters. The monoisotopic (exact) mass is 1280 g/mol. The zero-order valence-electron chi connectivity index (χ0n) is 47.6. The van der Waals surface area contributed by atoms with Gasteiger partial charge in [0.05, 0.1) is 37.6 Å². The fourth-order valence-corrected chi connectivity index (χ4v) is 10.2. The Kier molecular flexibility index (Phi) is 32.7. The van der Waals surface area contributed by atoms with Gasteiger partial charge in [-0.3, -0.25) is 9.97 Å². The van der Waals surface area contributed by atoms with Crippen LogP contribution in [0.2, 0.25) is 0 Å². The van der Waals surface area contributed by atoms with Crippen molar-refractivity contribution < 1.29 is 18.2 Å². The Balaban J connectivity index is 0.000000274. The van der Waals surface area contributed by atoms with Gasteiger partial charge in [0, 0.05) is 51.6 Å². The number of aromatic nitrogens is 2. The number of hydrogen-bond acceptors (Lipinski definition) is 4. The van der Waals surface area contributed by atoms with E-state index in [-0.39, 0.29) is 0 Å². The molecule has 415 valence electrons. The second-order valence-corrected chi connectivity index (χ2v) is 29.0. The van der Waals surface area contributed by atoms with Crippen molar-refractivity contribution in [3.8, 4) is 22.5 Å². The maximum atomic E-state index is 4.92. The second kappa shape index (κ2) is 37.0. The summed E-state index contributed by atoms with van der Waals surface area (Å²) in [5, 5.41) is 0. The molecule has 5 nitrogen and oxygen atoms in total. The molecule has 1 fully saturated rings. The first kappa shape index (κ1) is 66.3. The van der Waals surface area contributed by atoms with Gasteiger partial charge in [0.25, 0.3) is 0 Å². The molecule has 0 bridgehead atoms. The Morgan fingerprint density at radius 2 is 0.827 bits per heavy atom. The van der Waals surface area contributed by atoms with E-state index in [0.717, 1.165) is 30.0 Å². The van der Waals surface area contributed by atoms with Gasteiger partial charge in [-0.05, 0) is 125 Å². The van der Waals surface area contributed by atoms with Crippen LogP contribution >= 0.6 is 51.2 Å². The first-order chi connectivity index (χ1) is 36.0. The Morgan fingerprint density at radius 1 is 0.480 bits per heavy atom. The molecule has 75 heavy (non-hydrogen) atoms. The molecule has 1 aliphatic heterocycles. The first-order valence-corrected chi connectivity index (χ1v) is 34.9. The van der Waals surface area contributed by atoms with E-state index in [4.69, 9.17) is 28.6 Å². The van der Waals surface area contributed by atoms with E-state index < -0.39 is 13.7 Å². The third-order valence-corrected chi connectivity index (χ3v) is 14.6. The van der Waals surface area contributed by atoms with E-state index in [0.29, 0.717) is 23.7 Å². The number of para-hydroxylation sites is 2. The third-order valence-electron chi connectivity index (χ3n) is 13.6. The predicted octanol–water partition coefficient (Wildman–Crippen LogP) is 20.8. The van der Waals surface area contributed by atoms with E-state index in [1.54, 1.807) is 0 Å². The summed E-state index contributed by atoms with van der Waals surface area (Å²) in [5.41, 5.74) is 13.1. The van der Waals surface area contributed by atoms with Gasteiger partial charge in [0.1, 0.15) is 0 Å². The predicted molar refractivity (Wildman–Crippen MR) is 337 cm³/mol. The van der Waals surface area contributed by atoms with Crippen LogP contribution in [-0.2, 0) is 13.7 Å². The fourth-order valence-electron chi connectivity index (χ4n) is 9.50. The Labute approximate surface area is 488 Å². The van der Waals surface area contributed by atoms with Crippen LogP contribution in [-0.4, -0.2) is 53.7 Å². The molecule has 0 amide bonds. The van der Waals surface area contributed by atoms with Crippen molar-refractivity contribution in [3.05, 3.63) is 172 Å². The maximum Gasteiger partial charge on any atom is 0.0701 e. The SMILES string of the molecule is CC(C)c1cccc(C(C)C)c1N1[CH-]N(c2c(C(C)C)cccc2C(C)C)CC1.CCCC[N+](CCCC)(CCCC)CCCC.Ic1ccccc1-c1ccccn1.[Cl][Pd]([Cl])[Cl].c1ccc(-c2ccccn2)cc1. The number of anilines is 2. The third kappa shape index (κ3) is 23.1. The average molecular weight is 1280 g/mol. The van der Waals surface area contributed by atoms with E-state index in [2.05, 4.69) is 193 Å². The molecule has 1 aliphatic rings. The molecule has 6 aromatic rings. The number of hydrogen-bond donors (Lipinski definition) is 0. The minimum atomic E-state index is -1.57. The molecule has 0 saturated carbocycles. The maximum absolute atomic E-state index is 4.92. The van der Waals surface area contributed by atoms with Gasteiger partial charge in [-0.2, -0.15) is 6.67 Å². The topological polar surface area (TPSA) is 32.3 Å². The molecular formula is C65H92Cl3IN5Pd. The van der Waals surface area contributed by atoms with E-state index in [9.17, 15) is 0 Å². The number of nitrogens with zero attached hydrogens (tertiary/aromatic N) is 5. The summed E-state index contributed by atoms with van der Waals surface area (Å²) < 4.78 is 2.66. The molecule has 2 aromatic heterocycles. The quantitative estimate of drug-likeness (QED) is 0.0330. The van der Waals surface area contributed by atoms with E-state index in [1.807, 2.05) is 79.1 Å². The standard InChI is InChI=1S/C27H39N2.C16H36N.C11H8IN.C11H9N.3ClH.Pd/c1-18(2)22-11-9-12-23(19(3)4)26(22)28-15-16-29(17-28)27-24(20(5)6)13-10-14-25(27)21(7)8;1-5-9-13-17(14-10-6-2,15-11-7-3)16-12-8-4;12-10-6-2-1-5-9(10)11-7-3-4-8-13-11;1-2-6-10(7-3-1)11-8-4-5-9-12-11;;;;/h9-14,17-21H,15-16H2,1-8H3;5-16H2,1-4H3;1-8H;1-9H;3*1H;/q-1;+1;;;;;;+3/p-3. The Hall–Kier alpha value is -3.00. The summed E-state index contributed by atoms with van der Waals surface area (Å²) in [6.07, 6.45) is 14.7. The number of benzene rings is 4. The summed E-state index contributed by atoms with van der Waals surface area (Å²) in [4.78, 5) is 13.6. The number of quaternary nitrogens is 1. The molecule has 0 aliphatic carbocycles. The van der Waals surface area contributed by atoms with E-state index >= 15 is 0 Å². The van der Waals surface area contributed by atoms with E-state index in [1.165, 1.54) is 125 Å². The summed E-state index contributed by atoms with van der Waals surface area (Å²) in [5.74, 6) is 2.06. The fraction of sp³-hybridized carbons (Fsp3) is 0.462. The van der Waals surface area contributed by atoms with Gasteiger partial charge in [-0.1, -0.05) is 206 Å². The molecule has 7 rings (SSSR count). The smallest absolute Gasteiger partial charge is 0.0701 e. The molecule has 0 spiro atoms. The van der Waals surface area contributed by atoms with Crippen LogP contribution in [0.5, 0.6) is 0 Å². The molecular weight excluding hydrogens is 1190 g/mol. The van der Waals surface area contributed by atoms with Crippen molar-refractivity contribution in [2.24, 2.45) is 0 Å². The molecule has 4 aromatic carbocycles. The van der Waals surface area contributed by atoms with Gasteiger partial charge in [-0.15, -0.1) is 0 Å². The average Bonchev–Trinajstić information content (AvgIpc) is 3.91. The van der Waals surface area contributed by atoms with Crippen LogP contribution in [0.15, 0.2) is 140 Å². The van der Waals surface area contributed by atoms with Crippen LogP contribution in [0.1, 0.15) is 180 Å². The minimum absolute atomic E-state index is 0.514. The van der Waals surface area contributed by atoms with Crippen molar-refractivity contribution in [3.63, 3.8) is 0 Å².